The van der Waals surface area contributed by atoms with Crippen LogP contribution < -0.4 is 9.64 Å². The van der Waals surface area contributed by atoms with Crippen molar-refractivity contribution < 1.29 is 19.4 Å². The number of Topliss-reactive ketones (excluding diaryl/α,β-unsaturated/α-hetero) is 1. The molecule has 1 atom stereocenters. The third kappa shape index (κ3) is 4.00. The number of ketones is 1. The molecule has 0 fully saturated rings. The number of ether oxygens (including phenoxy) is 1. The number of hydrogen-bond donors (Lipinski definition) is 1. The predicted octanol–water partition coefficient (Wildman–Crippen LogP) is 5.91. The number of aliphatic hydroxyl groups excluding tert-OH is 1. The SMILES string of the molecule is COc1cccc(N2C(=O)C(O)=C(C(=O)c3sc(-c4ccccc4)nc3C)C2c2ccccc2)c1. The van der Waals surface area contributed by atoms with E-state index in [9.17, 15) is 14.7 Å². The Labute approximate surface area is 206 Å². The molecule has 0 saturated heterocycles. The van der Waals surface area contributed by atoms with E-state index in [-0.39, 0.29) is 5.57 Å². The Balaban J connectivity index is 1.62. The van der Waals surface area contributed by atoms with E-state index in [0.717, 1.165) is 5.56 Å². The van der Waals surface area contributed by atoms with E-state index in [2.05, 4.69) is 4.98 Å². The second-order valence-electron chi connectivity index (χ2n) is 8.08. The Hall–Kier alpha value is -4.23. The summed E-state index contributed by atoms with van der Waals surface area (Å²) >= 11 is 1.26. The lowest BCUT2D eigenvalue weighted by molar-refractivity contribution is -0.117. The maximum absolute atomic E-state index is 13.9. The highest BCUT2D eigenvalue weighted by Crippen LogP contribution is 2.43. The van der Waals surface area contributed by atoms with Crippen molar-refractivity contribution in [3.8, 4) is 16.3 Å². The van der Waals surface area contributed by atoms with Crippen LogP contribution in [0.2, 0.25) is 0 Å². The van der Waals surface area contributed by atoms with Gasteiger partial charge in [0, 0.05) is 17.3 Å². The molecule has 174 valence electrons. The Morgan fingerprint density at radius 3 is 2.37 bits per heavy atom. The van der Waals surface area contributed by atoms with E-state index < -0.39 is 23.5 Å². The molecule has 7 heteroatoms. The first-order valence-electron chi connectivity index (χ1n) is 11.0. The van der Waals surface area contributed by atoms with Crippen LogP contribution in [0.25, 0.3) is 10.6 Å². The number of nitrogens with zero attached hydrogens (tertiary/aromatic N) is 2. The molecule has 1 aromatic heterocycles. The molecule has 1 N–H and O–H groups in total. The molecule has 35 heavy (non-hydrogen) atoms. The first-order valence-corrected chi connectivity index (χ1v) is 11.8. The number of anilines is 1. The number of aromatic nitrogens is 1. The summed E-state index contributed by atoms with van der Waals surface area (Å²) in [7, 11) is 1.54. The maximum atomic E-state index is 13.9. The number of carbonyl (C=O) groups is 2. The normalized spacial score (nSPS) is 15.5. The van der Waals surface area contributed by atoms with Gasteiger partial charge in [0.05, 0.1) is 29.3 Å². The third-order valence-electron chi connectivity index (χ3n) is 5.92. The highest BCUT2D eigenvalue weighted by molar-refractivity contribution is 7.17. The predicted molar refractivity (Wildman–Crippen MR) is 136 cm³/mol. The molecule has 0 aliphatic carbocycles. The van der Waals surface area contributed by atoms with Crippen molar-refractivity contribution in [2.24, 2.45) is 0 Å². The lowest BCUT2D eigenvalue weighted by Gasteiger charge is -2.27. The molecule has 0 bridgehead atoms. The molecule has 6 nitrogen and oxygen atoms in total. The van der Waals surface area contributed by atoms with Crippen LogP contribution in [0.1, 0.15) is 27.0 Å². The van der Waals surface area contributed by atoms with Crippen LogP contribution in [-0.4, -0.2) is 28.9 Å². The molecule has 3 aromatic carbocycles. The largest absolute Gasteiger partial charge is 0.503 e. The minimum absolute atomic E-state index is 0.0374. The second-order valence-corrected chi connectivity index (χ2v) is 9.08. The molecule has 0 saturated carbocycles. The van der Waals surface area contributed by atoms with Gasteiger partial charge in [-0.1, -0.05) is 66.7 Å². The number of amides is 1. The topological polar surface area (TPSA) is 79.7 Å². The molecular weight excluding hydrogens is 460 g/mol. The highest BCUT2D eigenvalue weighted by atomic mass is 32.1. The molecule has 1 unspecified atom stereocenters. The summed E-state index contributed by atoms with van der Waals surface area (Å²) in [6, 6.07) is 25.0. The zero-order valence-electron chi connectivity index (χ0n) is 19.1. The van der Waals surface area contributed by atoms with E-state index in [4.69, 9.17) is 4.74 Å². The number of carbonyl (C=O) groups excluding carboxylic acids is 2. The lowest BCUT2D eigenvalue weighted by atomic mass is 9.95. The molecule has 0 spiro atoms. The smallest absolute Gasteiger partial charge is 0.294 e. The Morgan fingerprint density at radius 1 is 1.00 bits per heavy atom. The number of benzene rings is 3. The van der Waals surface area contributed by atoms with E-state index in [1.807, 2.05) is 60.7 Å². The summed E-state index contributed by atoms with van der Waals surface area (Å²) in [6.45, 7) is 1.77. The fraction of sp³-hybridized carbons (Fsp3) is 0.107. The molecular formula is C28H22N2O4S. The lowest BCUT2D eigenvalue weighted by Crippen LogP contribution is -2.31. The summed E-state index contributed by atoms with van der Waals surface area (Å²) in [5.41, 5.74) is 2.72. The summed E-state index contributed by atoms with van der Waals surface area (Å²) < 4.78 is 5.33. The van der Waals surface area contributed by atoms with Gasteiger partial charge in [0.1, 0.15) is 10.8 Å². The zero-order valence-corrected chi connectivity index (χ0v) is 20.0. The molecule has 0 radical (unpaired) electrons. The summed E-state index contributed by atoms with van der Waals surface area (Å²) in [6.07, 6.45) is 0. The van der Waals surface area contributed by atoms with Gasteiger partial charge in [-0.05, 0) is 24.6 Å². The van der Waals surface area contributed by atoms with Crippen LogP contribution >= 0.6 is 11.3 Å². The van der Waals surface area contributed by atoms with E-state index >= 15 is 0 Å². The Bertz CT molecular complexity index is 1440. The zero-order chi connectivity index (χ0) is 24.5. The van der Waals surface area contributed by atoms with Gasteiger partial charge in [-0.3, -0.25) is 14.5 Å². The van der Waals surface area contributed by atoms with Crippen molar-refractivity contribution in [1.82, 2.24) is 4.98 Å². The van der Waals surface area contributed by atoms with Crippen LogP contribution in [0.15, 0.2) is 96.3 Å². The van der Waals surface area contributed by atoms with Gasteiger partial charge < -0.3 is 9.84 Å². The highest BCUT2D eigenvalue weighted by Gasteiger charge is 2.45. The van der Waals surface area contributed by atoms with Gasteiger partial charge >= 0.3 is 0 Å². The van der Waals surface area contributed by atoms with E-state index in [1.54, 1.807) is 38.3 Å². The molecule has 5 rings (SSSR count). The number of thiazole rings is 1. The summed E-state index contributed by atoms with van der Waals surface area (Å²) in [5.74, 6) is -1.04. The van der Waals surface area contributed by atoms with Crippen molar-refractivity contribution >= 4 is 28.7 Å². The minimum atomic E-state index is -0.801. The van der Waals surface area contributed by atoms with Crippen molar-refractivity contribution in [3.05, 3.63) is 112 Å². The quantitative estimate of drug-likeness (QED) is 0.346. The van der Waals surface area contributed by atoms with Gasteiger partial charge in [-0.2, -0.15) is 0 Å². The van der Waals surface area contributed by atoms with Gasteiger partial charge in [0.15, 0.2) is 5.76 Å². The molecule has 1 aliphatic rings. The first-order chi connectivity index (χ1) is 17.0. The number of methoxy groups -OCH3 is 1. The van der Waals surface area contributed by atoms with Gasteiger partial charge in [-0.25, -0.2) is 4.98 Å². The minimum Gasteiger partial charge on any atom is -0.503 e. The number of hydrogen-bond acceptors (Lipinski definition) is 6. The average molecular weight is 483 g/mol. The van der Waals surface area contributed by atoms with Crippen LogP contribution in [-0.2, 0) is 4.79 Å². The van der Waals surface area contributed by atoms with Crippen molar-refractivity contribution in [1.29, 1.82) is 0 Å². The van der Waals surface area contributed by atoms with Gasteiger partial charge in [-0.15, -0.1) is 11.3 Å². The molecule has 1 aliphatic heterocycles. The van der Waals surface area contributed by atoms with Crippen molar-refractivity contribution in [2.75, 3.05) is 12.0 Å². The number of aryl methyl sites for hydroxylation is 1. The van der Waals surface area contributed by atoms with Crippen molar-refractivity contribution in [3.63, 3.8) is 0 Å². The third-order valence-corrected chi connectivity index (χ3v) is 7.13. The van der Waals surface area contributed by atoms with Crippen LogP contribution in [0.3, 0.4) is 0 Å². The van der Waals surface area contributed by atoms with Crippen LogP contribution in [0.5, 0.6) is 5.75 Å². The number of rotatable bonds is 6. The standard InChI is InChI=1S/C28H22N2O4S/c1-17-26(35-27(29-17)19-12-7-4-8-13-19)24(31)22-23(18-10-5-3-6-11-18)30(28(33)25(22)32)20-14-9-15-21(16-20)34-2/h3-16,23,32H,1-2H3. The van der Waals surface area contributed by atoms with Gasteiger partial charge in [0.25, 0.3) is 5.91 Å². The van der Waals surface area contributed by atoms with E-state index in [1.165, 1.54) is 16.2 Å². The Morgan fingerprint density at radius 2 is 1.69 bits per heavy atom. The Kier molecular flexibility index (Phi) is 5.93. The monoisotopic (exact) mass is 482 g/mol. The summed E-state index contributed by atoms with van der Waals surface area (Å²) in [4.78, 5) is 33.7. The fourth-order valence-corrected chi connectivity index (χ4v) is 5.27. The fourth-order valence-electron chi connectivity index (χ4n) is 4.25. The first kappa shape index (κ1) is 22.6. The molecule has 4 aromatic rings. The maximum Gasteiger partial charge on any atom is 0.294 e. The van der Waals surface area contributed by atoms with Crippen molar-refractivity contribution in [2.45, 2.75) is 13.0 Å². The van der Waals surface area contributed by atoms with Crippen LogP contribution in [0, 0.1) is 6.92 Å². The van der Waals surface area contributed by atoms with Gasteiger partial charge in [0.2, 0.25) is 5.78 Å². The molecule has 2 heterocycles. The molecule has 1 amide bonds. The average Bonchev–Trinajstić information content (AvgIpc) is 3.42. The summed E-state index contributed by atoms with van der Waals surface area (Å²) in [5, 5.41) is 11.7. The van der Waals surface area contributed by atoms with Crippen LogP contribution in [0.4, 0.5) is 5.69 Å². The van der Waals surface area contributed by atoms with E-state index in [0.29, 0.717) is 32.6 Å². The second kappa shape index (κ2) is 9.19. The number of aliphatic hydroxyl groups is 1.